The molecule has 1 saturated heterocycles. The maximum atomic E-state index is 12.6. The fourth-order valence-electron chi connectivity index (χ4n) is 3.54. The molecule has 1 aromatic heterocycles. The van der Waals surface area contributed by atoms with Crippen LogP contribution in [0.4, 0.5) is 5.82 Å². The van der Waals surface area contributed by atoms with Gasteiger partial charge in [-0.1, -0.05) is 26.0 Å². The monoisotopic (exact) mass is 327 g/mol. The second-order valence-corrected chi connectivity index (χ2v) is 6.82. The molecular formula is C19H25N3O2. The van der Waals surface area contributed by atoms with E-state index < -0.39 is 5.41 Å². The Bertz CT molecular complexity index is 759. The Labute approximate surface area is 143 Å². The van der Waals surface area contributed by atoms with Crippen LogP contribution in [0.1, 0.15) is 32.9 Å². The van der Waals surface area contributed by atoms with E-state index in [0.29, 0.717) is 13.2 Å². The highest BCUT2D eigenvalue weighted by molar-refractivity contribution is 5.80. The van der Waals surface area contributed by atoms with Crippen molar-refractivity contribution in [2.45, 2.75) is 34.1 Å². The molecule has 5 heteroatoms. The predicted octanol–water partition coefficient (Wildman–Crippen LogP) is 3.35. The molecule has 3 rings (SSSR count). The van der Waals surface area contributed by atoms with Gasteiger partial charge in [-0.3, -0.25) is 4.79 Å². The van der Waals surface area contributed by atoms with Crippen molar-refractivity contribution in [2.24, 2.45) is 11.3 Å². The number of benzene rings is 1. The molecule has 0 aliphatic carbocycles. The number of hydrogen-bond acceptors (Lipinski definition) is 5. The Morgan fingerprint density at radius 2 is 1.96 bits per heavy atom. The van der Waals surface area contributed by atoms with Crippen LogP contribution in [0.5, 0.6) is 0 Å². The molecule has 0 spiro atoms. The van der Waals surface area contributed by atoms with Crippen molar-refractivity contribution in [3.05, 3.63) is 30.0 Å². The summed E-state index contributed by atoms with van der Waals surface area (Å²) in [5.74, 6) is 1.00. The molecule has 0 radical (unpaired) electrons. The molecule has 1 fully saturated rings. The van der Waals surface area contributed by atoms with Crippen molar-refractivity contribution in [1.82, 2.24) is 9.97 Å². The first-order valence-corrected chi connectivity index (χ1v) is 8.63. The van der Waals surface area contributed by atoms with Crippen molar-refractivity contribution in [3.8, 4) is 0 Å². The smallest absolute Gasteiger partial charge is 0.314 e. The molecule has 1 aliphatic heterocycles. The zero-order valence-electron chi connectivity index (χ0n) is 14.9. The van der Waals surface area contributed by atoms with Gasteiger partial charge < -0.3 is 9.64 Å². The quantitative estimate of drug-likeness (QED) is 0.806. The van der Waals surface area contributed by atoms with Crippen molar-refractivity contribution in [2.75, 3.05) is 24.6 Å². The lowest BCUT2D eigenvalue weighted by Gasteiger charge is -2.31. The van der Waals surface area contributed by atoms with E-state index in [4.69, 9.17) is 9.72 Å². The van der Waals surface area contributed by atoms with E-state index in [1.54, 1.807) is 0 Å². The number of ether oxygens (including phenoxy) is 1. The van der Waals surface area contributed by atoms with Crippen LogP contribution in [0.15, 0.2) is 24.3 Å². The van der Waals surface area contributed by atoms with E-state index in [9.17, 15) is 4.79 Å². The molecular weight excluding hydrogens is 302 g/mol. The van der Waals surface area contributed by atoms with Crippen LogP contribution in [0.3, 0.4) is 0 Å². The minimum atomic E-state index is -0.463. The average Bonchev–Trinajstić information content (AvgIpc) is 3.01. The lowest BCUT2D eigenvalue weighted by Crippen LogP contribution is -2.41. The normalized spacial score (nSPS) is 20.8. The van der Waals surface area contributed by atoms with Gasteiger partial charge in [-0.05, 0) is 38.3 Å². The molecule has 24 heavy (non-hydrogen) atoms. The van der Waals surface area contributed by atoms with Gasteiger partial charge in [-0.15, -0.1) is 0 Å². The molecule has 1 unspecified atom stereocenters. The molecule has 1 atom stereocenters. The minimum absolute atomic E-state index is 0.0890. The Balaban J connectivity index is 1.94. The summed E-state index contributed by atoms with van der Waals surface area (Å²) in [5, 5.41) is 0. The first-order valence-electron chi connectivity index (χ1n) is 8.63. The minimum Gasteiger partial charge on any atom is -0.466 e. The highest BCUT2D eigenvalue weighted by Gasteiger charge is 2.48. The third-order valence-electron chi connectivity index (χ3n) is 5.11. The lowest BCUT2D eigenvalue weighted by atomic mass is 9.76. The standard InChI is InChI=1S/C19H25N3O2/c1-5-24-18(23)19(13(2)3)10-11-22(12-19)17-14(4)20-15-8-6-7-9-16(15)21-17/h6-9,13H,5,10-12H2,1-4H3. The van der Waals surface area contributed by atoms with Crippen LogP contribution >= 0.6 is 0 Å². The van der Waals surface area contributed by atoms with Gasteiger partial charge in [0, 0.05) is 13.1 Å². The average molecular weight is 327 g/mol. The van der Waals surface area contributed by atoms with Crippen molar-refractivity contribution >= 4 is 22.8 Å². The van der Waals surface area contributed by atoms with Crippen molar-refractivity contribution in [3.63, 3.8) is 0 Å². The van der Waals surface area contributed by atoms with Crippen LogP contribution in [0.2, 0.25) is 0 Å². The zero-order valence-corrected chi connectivity index (χ0v) is 14.9. The van der Waals surface area contributed by atoms with Crippen molar-refractivity contribution in [1.29, 1.82) is 0 Å². The van der Waals surface area contributed by atoms with Crippen molar-refractivity contribution < 1.29 is 9.53 Å². The fraction of sp³-hybridized carbons (Fsp3) is 0.526. The Kier molecular flexibility index (Phi) is 4.43. The molecule has 2 aromatic rings. The third-order valence-corrected chi connectivity index (χ3v) is 5.11. The van der Waals surface area contributed by atoms with Crippen LogP contribution < -0.4 is 4.90 Å². The van der Waals surface area contributed by atoms with Crippen LogP contribution in [0, 0.1) is 18.3 Å². The molecule has 1 aromatic carbocycles. The van der Waals surface area contributed by atoms with Crippen LogP contribution in [-0.4, -0.2) is 35.6 Å². The highest BCUT2D eigenvalue weighted by Crippen LogP contribution is 2.41. The van der Waals surface area contributed by atoms with Gasteiger partial charge in [0.2, 0.25) is 0 Å². The molecule has 0 amide bonds. The summed E-state index contributed by atoms with van der Waals surface area (Å²) in [6.07, 6.45) is 0.789. The molecule has 0 bridgehead atoms. The van der Waals surface area contributed by atoms with Gasteiger partial charge in [-0.25, -0.2) is 9.97 Å². The summed E-state index contributed by atoms with van der Waals surface area (Å²) in [7, 11) is 0. The number of rotatable bonds is 4. The molecule has 128 valence electrons. The molecule has 1 aliphatic rings. The number of nitrogens with zero attached hydrogens (tertiary/aromatic N) is 3. The van der Waals surface area contributed by atoms with Gasteiger partial charge >= 0.3 is 5.97 Å². The fourth-order valence-corrected chi connectivity index (χ4v) is 3.54. The van der Waals surface area contributed by atoms with Crippen LogP contribution in [0.25, 0.3) is 11.0 Å². The number of esters is 1. The van der Waals surface area contributed by atoms with E-state index in [1.807, 2.05) is 38.1 Å². The van der Waals surface area contributed by atoms with E-state index in [-0.39, 0.29) is 11.9 Å². The number of anilines is 1. The Morgan fingerprint density at radius 3 is 2.58 bits per heavy atom. The number of carbonyl (C=O) groups is 1. The lowest BCUT2D eigenvalue weighted by molar-refractivity contribution is -0.156. The largest absolute Gasteiger partial charge is 0.466 e. The molecule has 0 saturated carbocycles. The van der Waals surface area contributed by atoms with Gasteiger partial charge in [0.15, 0.2) is 5.82 Å². The van der Waals surface area contributed by atoms with E-state index in [0.717, 1.165) is 35.5 Å². The topological polar surface area (TPSA) is 55.3 Å². The number of para-hydroxylation sites is 2. The maximum absolute atomic E-state index is 12.6. The molecule has 0 N–H and O–H groups in total. The SMILES string of the molecule is CCOC(=O)C1(C(C)C)CCN(c2nc3ccccc3nc2C)C1. The first kappa shape index (κ1) is 16.7. The first-order chi connectivity index (χ1) is 11.5. The van der Waals surface area contributed by atoms with Gasteiger partial charge in [-0.2, -0.15) is 0 Å². The predicted molar refractivity (Wildman–Crippen MR) is 95.0 cm³/mol. The van der Waals surface area contributed by atoms with Crippen LogP contribution in [-0.2, 0) is 9.53 Å². The van der Waals surface area contributed by atoms with E-state index >= 15 is 0 Å². The van der Waals surface area contributed by atoms with Gasteiger partial charge in [0.25, 0.3) is 0 Å². The summed E-state index contributed by atoms with van der Waals surface area (Å²) in [6.45, 7) is 9.88. The van der Waals surface area contributed by atoms with Gasteiger partial charge in [0.1, 0.15) is 0 Å². The van der Waals surface area contributed by atoms with E-state index in [2.05, 4.69) is 23.7 Å². The maximum Gasteiger partial charge on any atom is 0.314 e. The summed E-state index contributed by atoms with van der Waals surface area (Å²) < 4.78 is 5.37. The number of carbonyl (C=O) groups excluding carboxylic acids is 1. The summed E-state index contributed by atoms with van der Waals surface area (Å²) in [6, 6.07) is 7.89. The summed E-state index contributed by atoms with van der Waals surface area (Å²) in [4.78, 5) is 24.3. The van der Waals surface area contributed by atoms with Gasteiger partial charge in [0.05, 0.1) is 28.7 Å². The summed E-state index contributed by atoms with van der Waals surface area (Å²) in [5.41, 5.74) is 2.22. The Morgan fingerprint density at radius 1 is 1.29 bits per heavy atom. The Hall–Kier alpha value is -2.17. The highest BCUT2D eigenvalue weighted by atomic mass is 16.5. The molecule has 2 heterocycles. The second-order valence-electron chi connectivity index (χ2n) is 6.82. The second kappa shape index (κ2) is 6.38. The summed E-state index contributed by atoms with van der Waals surface area (Å²) >= 11 is 0. The number of aromatic nitrogens is 2. The zero-order chi connectivity index (χ0) is 17.3. The number of fused-ring (bicyclic) bond motifs is 1. The molecule has 5 nitrogen and oxygen atoms in total. The number of aryl methyl sites for hydroxylation is 1. The number of hydrogen-bond donors (Lipinski definition) is 0. The third kappa shape index (κ3) is 2.72. The van der Waals surface area contributed by atoms with E-state index in [1.165, 1.54) is 0 Å².